The minimum Gasteiger partial charge on any atom is -0.355 e. The second kappa shape index (κ2) is 19.8. The van der Waals surface area contributed by atoms with Crippen molar-refractivity contribution in [2.75, 3.05) is 27.2 Å². The monoisotopic (exact) mass is 354 g/mol. The van der Waals surface area contributed by atoms with Crippen LogP contribution in [0.1, 0.15) is 110 Å². The van der Waals surface area contributed by atoms with Crippen LogP contribution in [0.4, 0.5) is 0 Å². The van der Waals surface area contributed by atoms with Crippen molar-refractivity contribution >= 4 is 5.91 Å². The Bertz CT molecular complexity index is 279. The fourth-order valence-corrected chi connectivity index (χ4v) is 3.24. The maximum Gasteiger partial charge on any atom is 0.234 e. The normalized spacial score (nSPS) is 11.2. The summed E-state index contributed by atoms with van der Waals surface area (Å²) >= 11 is 0. The summed E-state index contributed by atoms with van der Waals surface area (Å²) < 4.78 is 0. The Hall–Kier alpha value is -0.570. The van der Waals surface area contributed by atoms with E-state index in [0.717, 1.165) is 13.0 Å². The average Bonchev–Trinajstić information content (AvgIpc) is 2.57. The molecule has 25 heavy (non-hydrogen) atoms. The van der Waals surface area contributed by atoms with Gasteiger partial charge >= 0.3 is 0 Å². The van der Waals surface area contributed by atoms with E-state index >= 15 is 0 Å². The summed E-state index contributed by atoms with van der Waals surface area (Å²) in [4.78, 5) is 13.4. The maximum absolute atomic E-state index is 11.5. The van der Waals surface area contributed by atoms with Gasteiger partial charge in [0, 0.05) is 6.54 Å². The Balaban J connectivity index is 3.06. The van der Waals surface area contributed by atoms with E-state index in [2.05, 4.69) is 12.2 Å². The van der Waals surface area contributed by atoms with Crippen molar-refractivity contribution < 1.29 is 4.79 Å². The van der Waals surface area contributed by atoms with Gasteiger partial charge in [-0.3, -0.25) is 4.79 Å². The number of carbonyl (C=O) groups excluding carboxylic acids is 1. The Labute approximate surface area is 158 Å². The van der Waals surface area contributed by atoms with E-state index < -0.39 is 0 Å². The molecule has 0 aliphatic rings. The van der Waals surface area contributed by atoms with Gasteiger partial charge in [-0.1, -0.05) is 103 Å². The molecular formula is C22H46N2O. The molecule has 0 aliphatic heterocycles. The molecule has 1 amide bonds. The zero-order chi connectivity index (χ0) is 18.6. The third kappa shape index (κ3) is 21.4. The highest BCUT2D eigenvalue weighted by Crippen LogP contribution is 2.13. The molecule has 0 unspecified atom stereocenters. The molecule has 3 heteroatoms. The first-order chi connectivity index (χ1) is 12.2. The number of unbranched alkanes of at least 4 members (excludes halogenated alkanes) is 15. The van der Waals surface area contributed by atoms with Crippen molar-refractivity contribution in [3.05, 3.63) is 0 Å². The van der Waals surface area contributed by atoms with Gasteiger partial charge in [-0.05, 0) is 20.5 Å². The SMILES string of the molecule is CCCCCCCCCCCCCCCCCCNC(=O)CN(C)C. The summed E-state index contributed by atoms with van der Waals surface area (Å²) in [6.45, 7) is 3.62. The van der Waals surface area contributed by atoms with Crippen LogP contribution in [0.25, 0.3) is 0 Å². The van der Waals surface area contributed by atoms with Crippen LogP contribution in [0.5, 0.6) is 0 Å². The first-order valence-corrected chi connectivity index (χ1v) is 11.1. The zero-order valence-corrected chi connectivity index (χ0v) is 17.6. The lowest BCUT2D eigenvalue weighted by Gasteiger charge is -2.09. The Morgan fingerprint density at radius 3 is 1.36 bits per heavy atom. The molecule has 3 nitrogen and oxygen atoms in total. The summed E-state index contributed by atoms with van der Waals surface area (Å²) in [5.41, 5.74) is 0. The zero-order valence-electron chi connectivity index (χ0n) is 17.6. The molecule has 0 saturated heterocycles. The van der Waals surface area contributed by atoms with Gasteiger partial charge in [-0.25, -0.2) is 0 Å². The highest BCUT2D eigenvalue weighted by molar-refractivity contribution is 5.77. The van der Waals surface area contributed by atoms with E-state index in [9.17, 15) is 4.79 Å². The van der Waals surface area contributed by atoms with Crippen molar-refractivity contribution in [2.45, 2.75) is 110 Å². The van der Waals surface area contributed by atoms with Gasteiger partial charge < -0.3 is 10.2 Å². The molecule has 0 heterocycles. The average molecular weight is 355 g/mol. The molecule has 0 saturated carbocycles. The molecule has 0 atom stereocenters. The molecule has 0 fully saturated rings. The minimum absolute atomic E-state index is 0.144. The molecule has 1 N–H and O–H groups in total. The van der Waals surface area contributed by atoms with Crippen LogP contribution in [-0.2, 0) is 4.79 Å². The highest BCUT2D eigenvalue weighted by atomic mass is 16.1. The van der Waals surface area contributed by atoms with Crippen molar-refractivity contribution in [3.63, 3.8) is 0 Å². The lowest BCUT2D eigenvalue weighted by atomic mass is 10.0. The lowest BCUT2D eigenvalue weighted by molar-refractivity contribution is -0.121. The van der Waals surface area contributed by atoms with Crippen LogP contribution in [0, 0.1) is 0 Å². The minimum atomic E-state index is 0.144. The van der Waals surface area contributed by atoms with Gasteiger partial charge in [0.25, 0.3) is 0 Å². The molecule has 0 aromatic carbocycles. The summed E-state index contributed by atoms with van der Waals surface area (Å²) in [5.74, 6) is 0.144. The van der Waals surface area contributed by atoms with Crippen LogP contribution in [0.2, 0.25) is 0 Å². The van der Waals surface area contributed by atoms with Crippen LogP contribution in [0.3, 0.4) is 0 Å². The van der Waals surface area contributed by atoms with Gasteiger partial charge in [0.15, 0.2) is 0 Å². The maximum atomic E-state index is 11.5. The Morgan fingerprint density at radius 1 is 0.640 bits per heavy atom. The number of nitrogens with one attached hydrogen (secondary N) is 1. The standard InChI is InChI=1S/C22H46N2O/c1-4-5-6-7-8-9-10-11-12-13-14-15-16-17-18-19-20-23-22(25)21-24(2)3/h4-21H2,1-3H3,(H,23,25). The van der Waals surface area contributed by atoms with E-state index in [4.69, 9.17) is 0 Å². The van der Waals surface area contributed by atoms with E-state index in [1.54, 1.807) is 0 Å². The van der Waals surface area contributed by atoms with Crippen molar-refractivity contribution in [3.8, 4) is 0 Å². The van der Waals surface area contributed by atoms with E-state index in [-0.39, 0.29) is 5.91 Å². The summed E-state index contributed by atoms with van der Waals surface area (Å²) in [6, 6.07) is 0. The van der Waals surface area contributed by atoms with Crippen molar-refractivity contribution in [2.24, 2.45) is 0 Å². The van der Waals surface area contributed by atoms with Gasteiger partial charge in [0.05, 0.1) is 6.54 Å². The topological polar surface area (TPSA) is 32.3 Å². The van der Waals surface area contributed by atoms with E-state index in [1.165, 1.54) is 96.3 Å². The molecule has 0 aromatic heterocycles. The van der Waals surface area contributed by atoms with Gasteiger partial charge in [-0.15, -0.1) is 0 Å². The smallest absolute Gasteiger partial charge is 0.234 e. The molecule has 0 aromatic rings. The number of carbonyl (C=O) groups is 1. The summed E-state index contributed by atoms with van der Waals surface area (Å²) in [5, 5.41) is 2.98. The molecule has 0 rings (SSSR count). The van der Waals surface area contributed by atoms with Crippen LogP contribution in [-0.4, -0.2) is 38.0 Å². The molecule has 0 bridgehead atoms. The van der Waals surface area contributed by atoms with Crippen molar-refractivity contribution in [1.82, 2.24) is 10.2 Å². The fourth-order valence-electron chi connectivity index (χ4n) is 3.24. The second-order valence-electron chi connectivity index (χ2n) is 7.89. The number of hydrogen-bond acceptors (Lipinski definition) is 2. The summed E-state index contributed by atoms with van der Waals surface area (Å²) in [7, 11) is 3.85. The van der Waals surface area contributed by atoms with Crippen LogP contribution in [0.15, 0.2) is 0 Å². The predicted octanol–water partition coefficient (Wildman–Crippen LogP) is 5.93. The number of hydrogen-bond donors (Lipinski definition) is 1. The van der Waals surface area contributed by atoms with Crippen LogP contribution >= 0.6 is 0 Å². The number of likely N-dealkylation sites (N-methyl/N-ethyl adjacent to an activating group) is 1. The largest absolute Gasteiger partial charge is 0.355 e. The number of amides is 1. The lowest BCUT2D eigenvalue weighted by Crippen LogP contribution is -2.33. The van der Waals surface area contributed by atoms with Gasteiger partial charge in [-0.2, -0.15) is 0 Å². The van der Waals surface area contributed by atoms with Crippen molar-refractivity contribution in [1.29, 1.82) is 0 Å². The Morgan fingerprint density at radius 2 is 1.00 bits per heavy atom. The molecule has 150 valence electrons. The molecule has 0 aliphatic carbocycles. The van der Waals surface area contributed by atoms with E-state index in [0.29, 0.717) is 6.54 Å². The highest BCUT2D eigenvalue weighted by Gasteiger charge is 2.01. The van der Waals surface area contributed by atoms with Gasteiger partial charge in [0.1, 0.15) is 0 Å². The first-order valence-electron chi connectivity index (χ1n) is 11.1. The summed E-state index contributed by atoms with van der Waals surface area (Å²) in [6.07, 6.45) is 22.2. The molecular weight excluding hydrogens is 308 g/mol. The first kappa shape index (κ1) is 24.4. The number of nitrogens with zero attached hydrogens (tertiary/aromatic N) is 1. The quantitative estimate of drug-likeness (QED) is 0.292. The van der Waals surface area contributed by atoms with Gasteiger partial charge in [0.2, 0.25) is 5.91 Å². The predicted molar refractivity (Wildman–Crippen MR) is 111 cm³/mol. The molecule has 0 spiro atoms. The fraction of sp³-hybridized carbons (Fsp3) is 0.955. The van der Waals surface area contributed by atoms with E-state index in [1.807, 2.05) is 19.0 Å². The second-order valence-corrected chi connectivity index (χ2v) is 7.89. The third-order valence-electron chi connectivity index (χ3n) is 4.81. The number of rotatable bonds is 19. The Kier molecular flexibility index (Phi) is 19.3. The third-order valence-corrected chi connectivity index (χ3v) is 4.81. The molecule has 0 radical (unpaired) electrons. The van der Waals surface area contributed by atoms with Crippen LogP contribution < -0.4 is 5.32 Å².